The average molecular weight is 275 g/mol. The molecule has 1 unspecified atom stereocenters. The molecule has 0 bridgehead atoms. The molecule has 0 amide bonds. The zero-order chi connectivity index (χ0) is 14.4. The monoisotopic (exact) mass is 275 g/mol. The molecule has 0 saturated heterocycles. The van der Waals surface area contributed by atoms with E-state index in [-0.39, 0.29) is 0 Å². The fourth-order valence-electron chi connectivity index (χ4n) is 2.56. The van der Waals surface area contributed by atoms with E-state index in [0.717, 1.165) is 25.6 Å². The molecular formula is C18H29NO. The number of hydrogen-bond acceptors (Lipinski definition) is 2. The molecular weight excluding hydrogens is 246 g/mol. The lowest BCUT2D eigenvalue weighted by Crippen LogP contribution is -2.22. The van der Waals surface area contributed by atoms with Gasteiger partial charge in [-0.25, -0.2) is 0 Å². The van der Waals surface area contributed by atoms with Crippen molar-refractivity contribution in [3.05, 3.63) is 35.4 Å². The molecule has 112 valence electrons. The Morgan fingerprint density at radius 1 is 1.20 bits per heavy atom. The Morgan fingerprint density at radius 2 is 1.90 bits per heavy atom. The van der Waals surface area contributed by atoms with Crippen LogP contribution in [0, 0.1) is 11.8 Å². The molecule has 1 N–H and O–H groups in total. The summed E-state index contributed by atoms with van der Waals surface area (Å²) in [7, 11) is 2.01. The minimum absolute atomic E-state index is 0.308. The minimum Gasteiger partial charge on any atom is -0.379 e. The molecule has 1 atom stereocenters. The Morgan fingerprint density at radius 3 is 2.45 bits per heavy atom. The molecule has 1 saturated carbocycles. The van der Waals surface area contributed by atoms with E-state index in [0.29, 0.717) is 12.0 Å². The standard InChI is InChI=1S/C18H29NO/c1-14(2)12-16-6-8-17(9-7-16)18(19-3)13-20-11-10-15-4-5-15/h6-9,14-15,18-19H,4-5,10-13H2,1-3H3. The second-order valence-corrected chi connectivity index (χ2v) is 6.49. The molecule has 2 nitrogen and oxygen atoms in total. The lowest BCUT2D eigenvalue weighted by atomic mass is 10.00. The summed E-state index contributed by atoms with van der Waals surface area (Å²) in [5.74, 6) is 1.67. The number of likely N-dealkylation sites (N-methyl/N-ethyl adjacent to an activating group) is 1. The van der Waals surface area contributed by atoms with Crippen LogP contribution < -0.4 is 5.32 Å². The first-order valence-corrected chi connectivity index (χ1v) is 8.03. The highest BCUT2D eigenvalue weighted by molar-refractivity contribution is 5.25. The van der Waals surface area contributed by atoms with E-state index in [9.17, 15) is 0 Å². The van der Waals surface area contributed by atoms with Crippen molar-refractivity contribution in [1.29, 1.82) is 0 Å². The Labute approximate surface area is 123 Å². The summed E-state index contributed by atoms with van der Waals surface area (Å²) in [6.07, 6.45) is 5.22. The Balaban J connectivity index is 1.79. The highest BCUT2D eigenvalue weighted by atomic mass is 16.5. The van der Waals surface area contributed by atoms with Crippen LogP contribution in [0.15, 0.2) is 24.3 Å². The molecule has 0 aromatic heterocycles. The van der Waals surface area contributed by atoms with Gasteiger partial charge in [0.05, 0.1) is 12.6 Å². The molecule has 1 aromatic carbocycles. The van der Waals surface area contributed by atoms with Crippen molar-refractivity contribution in [2.24, 2.45) is 11.8 Å². The van der Waals surface area contributed by atoms with Gasteiger partial charge in [-0.1, -0.05) is 51.0 Å². The van der Waals surface area contributed by atoms with Crippen LogP contribution in [0.5, 0.6) is 0 Å². The minimum atomic E-state index is 0.308. The molecule has 0 heterocycles. The molecule has 0 radical (unpaired) electrons. The highest BCUT2D eigenvalue weighted by Gasteiger charge is 2.20. The van der Waals surface area contributed by atoms with Crippen LogP contribution in [-0.2, 0) is 11.2 Å². The Kier molecular flexibility index (Phi) is 6.06. The zero-order valence-corrected chi connectivity index (χ0v) is 13.2. The lowest BCUT2D eigenvalue weighted by molar-refractivity contribution is 0.108. The topological polar surface area (TPSA) is 21.3 Å². The lowest BCUT2D eigenvalue weighted by Gasteiger charge is -2.17. The zero-order valence-electron chi connectivity index (χ0n) is 13.2. The Hall–Kier alpha value is -0.860. The first kappa shape index (κ1) is 15.5. The van der Waals surface area contributed by atoms with E-state index in [1.54, 1.807) is 0 Å². The number of ether oxygens (including phenoxy) is 1. The van der Waals surface area contributed by atoms with Gasteiger partial charge < -0.3 is 10.1 Å². The summed E-state index contributed by atoms with van der Waals surface area (Å²) in [6, 6.07) is 9.29. The first-order valence-electron chi connectivity index (χ1n) is 8.03. The molecule has 20 heavy (non-hydrogen) atoms. The van der Waals surface area contributed by atoms with Gasteiger partial charge in [-0.3, -0.25) is 0 Å². The fourth-order valence-corrected chi connectivity index (χ4v) is 2.56. The van der Waals surface area contributed by atoms with Crippen molar-refractivity contribution in [1.82, 2.24) is 5.32 Å². The second kappa shape index (κ2) is 7.80. The van der Waals surface area contributed by atoms with Gasteiger partial charge in [0.25, 0.3) is 0 Å². The number of hydrogen-bond donors (Lipinski definition) is 1. The molecule has 1 aliphatic rings. The van der Waals surface area contributed by atoms with Crippen LogP contribution in [-0.4, -0.2) is 20.3 Å². The van der Waals surface area contributed by atoms with Crippen LogP contribution in [0.2, 0.25) is 0 Å². The van der Waals surface area contributed by atoms with E-state index < -0.39 is 0 Å². The first-order chi connectivity index (χ1) is 9.69. The largest absolute Gasteiger partial charge is 0.379 e. The van der Waals surface area contributed by atoms with Crippen LogP contribution in [0.25, 0.3) is 0 Å². The van der Waals surface area contributed by atoms with Gasteiger partial charge in [-0.15, -0.1) is 0 Å². The van der Waals surface area contributed by atoms with Gasteiger partial charge in [-0.2, -0.15) is 0 Å². The molecule has 1 fully saturated rings. The van der Waals surface area contributed by atoms with Gasteiger partial charge in [-0.05, 0) is 42.9 Å². The van der Waals surface area contributed by atoms with Crippen molar-refractivity contribution in [2.75, 3.05) is 20.3 Å². The van der Waals surface area contributed by atoms with E-state index in [1.807, 2.05) is 7.05 Å². The van der Waals surface area contributed by atoms with Crippen molar-refractivity contribution < 1.29 is 4.74 Å². The predicted octanol–water partition coefficient (Wildman–Crippen LogP) is 3.96. The maximum Gasteiger partial charge on any atom is 0.0661 e. The third-order valence-corrected chi connectivity index (χ3v) is 4.03. The summed E-state index contributed by atoms with van der Waals surface area (Å²) >= 11 is 0. The molecule has 0 aliphatic heterocycles. The molecule has 0 spiro atoms. The van der Waals surface area contributed by atoms with Crippen LogP contribution in [0.4, 0.5) is 0 Å². The van der Waals surface area contributed by atoms with Gasteiger partial charge in [0, 0.05) is 6.61 Å². The SMILES string of the molecule is CNC(COCCC1CC1)c1ccc(CC(C)C)cc1. The summed E-state index contributed by atoms with van der Waals surface area (Å²) in [5.41, 5.74) is 2.75. The fraction of sp³-hybridized carbons (Fsp3) is 0.667. The molecule has 2 rings (SSSR count). The van der Waals surface area contributed by atoms with Gasteiger partial charge in [0.1, 0.15) is 0 Å². The van der Waals surface area contributed by atoms with Gasteiger partial charge in [0.15, 0.2) is 0 Å². The second-order valence-electron chi connectivity index (χ2n) is 6.49. The molecule has 2 heteroatoms. The van der Waals surface area contributed by atoms with Gasteiger partial charge in [0.2, 0.25) is 0 Å². The number of benzene rings is 1. The van der Waals surface area contributed by atoms with Crippen molar-refractivity contribution in [3.8, 4) is 0 Å². The maximum absolute atomic E-state index is 5.82. The summed E-state index contributed by atoms with van der Waals surface area (Å²) in [6.45, 7) is 6.21. The molecule has 1 aromatic rings. The van der Waals surface area contributed by atoms with E-state index in [2.05, 4.69) is 43.4 Å². The average Bonchev–Trinajstić information content (AvgIpc) is 3.24. The highest BCUT2D eigenvalue weighted by Crippen LogP contribution is 2.32. The summed E-state index contributed by atoms with van der Waals surface area (Å²) in [5, 5.41) is 3.36. The van der Waals surface area contributed by atoms with Crippen molar-refractivity contribution >= 4 is 0 Å². The van der Waals surface area contributed by atoms with E-state index in [4.69, 9.17) is 4.74 Å². The van der Waals surface area contributed by atoms with Gasteiger partial charge >= 0.3 is 0 Å². The number of rotatable bonds is 9. The van der Waals surface area contributed by atoms with E-state index in [1.165, 1.54) is 30.4 Å². The predicted molar refractivity (Wildman–Crippen MR) is 84.9 cm³/mol. The van der Waals surface area contributed by atoms with Crippen molar-refractivity contribution in [2.45, 2.75) is 45.6 Å². The van der Waals surface area contributed by atoms with E-state index >= 15 is 0 Å². The van der Waals surface area contributed by atoms with Crippen LogP contribution in [0.1, 0.15) is 50.3 Å². The van der Waals surface area contributed by atoms with Crippen LogP contribution in [0.3, 0.4) is 0 Å². The quantitative estimate of drug-likeness (QED) is 0.689. The Bertz CT molecular complexity index is 381. The molecule has 1 aliphatic carbocycles. The normalized spacial score (nSPS) is 16.6. The third kappa shape index (κ3) is 5.26. The summed E-state index contributed by atoms with van der Waals surface area (Å²) in [4.78, 5) is 0. The number of nitrogens with one attached hydrogen (secondary N) is 1. The summed E-state index contributed by atoms with van der Waals surface area (Å²) < 4.78 is 5.82. The smallest absolute Gasteiger partial charge is 0.0661 e. The third-order valence-electron chi connectivity index (χ3n) is 4.03. The maximum atomic E-state index is 5.82. The van der Waals surface area contributed by atoms with Crippen LogP contribution >= 0.6 is 0 Å². The van der Waals surface area contributed by atoms with Crippen molar-refractivity contribution in [3.63, 3.8) is 0 Å².